The summed E-state index contributed by atoms with van der Waals surface area (Å²) in [4.78, 5) is 45.1. The van der Waals surface area contributed by atoms with Gasteiger partial charge in [0.05, 0.1) is 22.0 Å². The predicted molar refractivity (Wildman–Crippen MR) is 151 cm³/mol. The minimum absolute atomic E-state index is 0.0515. The lowest BCUT2D eigenvalue weighted by Crippen LogP contribution is -2.31. The first-order valence-corrected chi connectivity index (χ1v) is 12.8. The van der Waals surface area contributed by atoms with E-state index in [0.29, 0.717) is 46.3 Å². The van der Waals surface area contributed by atoms with Crippen molar-refractivity contribution in [3.63, 3.8) is 0 Å². The quantitative estimate of drug-likeness (QED) is 0.239. The summed E-state index contributed by atoms with van der Waals surface area (Å²) in [6, 6.07) is 16.9. The molecule has 5 rings (SSSR count). The van der Waals surface area contributed by atoms with Crippen LogP contribution >= 0.6 is 0 Å². The van der Waals surface area contributed by atoms with Gasteiger partial charge in [0.1, 0.15) is 5.92 Å². The number of rotatable bonds is 9. The lowest BCUT2D eigenvalue weighted by atomic mass is 9.90. The van der Waals surface area contributed by atoms with Gasteiger partial charge in [-0.3, -0.25) is 24.7 Å². The maximum Gasteiger partial charge on any atom is 0.271 e. The Labute approximate surface area is 231 Å². The first kappa shape index (κ1) is 26.8. The van der Waals surface area contributed by atoms with Gasteiger partial charge < -0.3 is 24.6 Å². The van der Waals surface area contributed by atoms with Crippen LogP contribution in [0.3, 0.4) is 0 Å². The molecule has 0 fully saturated rings. The van der Waals surface area contributed by atoms with E-state index < -0.39 is 10.8 Å². The fraction of sp³-hybridized carbons (Fsp3) is 0.276. The Balaban J connectivity index is 1.52. The molecule has 0 aromatic heterocycles. The smallest absolute Gasteiger partial charge is 0.271 e. The second kappa shape index (κ2) is 11.1. The van der Waals surface area contributed by atoms with Gasteiger partial charge in [-0.2, -0.15) is 0 Å². The number of hydrogen-bond acceptors (Lipinski definition) is 8. The highest BCUT2D eigenvalue weighted by atomic mass is 16.7. The van der Waals surface area contributed by atoms with Crippen LogP contribution in [0.1, 0.15) is 30.4 Å². The van der Waals surface area contributed by atoms with Gasteiger partial charge in [0.2, 0.25) is 18.6 Å². The lowest BCUT2D eigenvalue weighted by Gasteiger charge is -2.22. The molecule has 2 heterocycles. The van der Waals surface area contributed by atoms with Gasteiger partial charge in [-0.05, 0) is 81.2 Å². The molecule has 1 atom stereocenters. The number of non-ortho nitro benzene ring substituents is 1. The van der Waals surface area contributed by atoms with E-state index in [1.54, 1.807) is 48.2 Å². The van der Waals surface area contributed by atoms with Crippen molar-refractivity contribution in [2.45, 2.75) is 19.3 Å². The van der Waals surface area contributed by atoms with Crippen molar-refractivity contribution in [3.05, 3.63) is 81.9 Å². The van der Waals surface area contributed by atoms with Gasteiger partial charge in [0.25, 0.3) is 5.69 Å². The number of hydrogen-bond donors (Lipinski definition) is 1. The molecule has 11 nitrogen and oxygen atoms in total. The van der Waals surface area contributed by atoms with Crippen LogP contribution in [0.2, 0.25) is 0 Å². The maximum atomic E-state index is 13.3. The summed E-state index contributed by atoms with van der Waals surface area (Å²) in [5.74, 6) is -0.0668. The molecule has 1 N–H and O–H groups in total. The highest BCUT2D eigenvalue weighted by Crippen LogP contribution is 2.40. The van der Waals surface area contributed by atoms with Crippen LogP contribution in [0, 0.1) is 10.1 Å². The molecule has 3 aromatic carbocycles. The number of nitrogens with zero attached hydrogens (tertiary/aromatic N) is 4. The Morgan fingerprint density at radius 3 is 2.50 bits per heavy atom. The third-order valence-electron chi connectivity index (χ3n) is 6.80. The minimum atomic E-state index is -0.810. The Morgan fingerprint density at radius 1 is 1.05 bits per heavy atom. The lowest BCUT2D eigenvalue weighted by molar-refractivity contribution is -0.384. The molecule has 0 aliphatic carbocycles. The first-order chi connectivity index (χ1) is 19.2. The van der Waals surface area contributed by atoms with E-state index in [9.17, 15) is 19.7 Å². The van der Waals surface area contributed by atoms with E-state index in [2.05, 4.69) is 10.2 Å². The Kier molecular flexibility index (Phi) is 7.47. The monoisotopic (exact) mass is 543 g/mol. The molecule has 11 heteroatoms. The fourth-order valence-corrected chi connectivity index (χ4v) is 4.85. The molecule has 3 aromatic rings. The SMILES string of the molecule is CC(=O)N(CCCN(C)C)c1ccc(N=C(c2ccc3c(c2)OCO3)C2C(=O)Nc3cc([N+](=O)[O-])ccc32)cc1. The summed E-state index contributed by atoms with van der Waals surface area (Å²) in [5.41, 5.74) is 3.29. The molecule has 0 saturated heterocycles. The van der Waals surface area contributed by atoms with Crippen molar-refractivity contribution in [1.82, 2.24) is 4.90 Å². The van der Waals surface area contributed by atoms with E-state index in [0.717, 1.165) is 18.7 Å². The van der Waals surface area contributed by atoms with Crippen LogP contribution in [-0.4, -0.2) is 61.3 Å². The number of ether oxygens (including phenoxy) is 2. The Bertz CT molecular complexity index is 1500. The average Bonchev–Trinajstić information content (AvgIpc) is 3.52. The summed E-state index contributed by atoms with van der Waals surface area (Å²) in [5, 5.41) is 14.1. The van der Waals surface area contributed by atoms with Crippen LogP contribution in [0.15, 0.2) is 65.7 Å². The van der Waals surface area contributed by atoms with Crippen molar-refractivity contribution in [3.8, 4) is 11.5 Å². The molecule has 2 amide bonds. The summed E-state index contributed by atoms with van der Waals surface area (Å²) < 4.78 is 11.0. The Hall–Kier alpha value is -4.77. The van der Waals surface area contributed by atoms with E-state index in [-0.39, 0.29) is 24.3 Å². The second-order valence-electron chi connectivity index (χ2n) is 9.86. The number of nitro groups is 1. The van der Waals surface area contributed by atoms with Gasteiger partial charge in [0, 0.05) is 36.9 Å². The zero-order valence-electron chi connectivity index (χ0n) is 22.4. The van der Waals surface area contributed by atoms with Gasteiger partial charge in [-0.25, -0.2) is 0 Å². The molecule has 0 bridgehead atoms. The van der Waals surface area contributed by atoms with Crippen molar-refractivity contribution in [2.24, 2.45) is 4.99 Å². The zero-order valence-corrected chi connectivity index (χ0v) is 22.4. The Morgan fingerprint density at radius 2 is 1.80 bits per heavy atom. The summed E-state index contributed by atoms with van der Waals surface area (Å²) in [7, 11) is 3.99. The number of amides is 2. The number of fused-ring (bicyclic) bond motifs is 2. The van der Waals surface area contributed by atoms with Gasteiger partial charge in [0.15, 0.2) is 11.5 Å². The van der Waals surface area contributed by atoms with E-state index in [4.69, 9.17) is 14.5 Å². The number of benzene rings is 3. The summed E-state index contributed by atoms with van der Waals surface area (Å²) in [6.07, 6.45) is 0.828. The van der Waals surface area contributed by atoms with Crippen molar-refractivity contribution < 1.29 is 24.0 Å². The van der Waals surface area contributed by atoms with Crippen LogP contribution < -0.4 is 19.7 Å². The molecule has 0 saturated carbocycles. The highest BCUT2D eigenvalue weighted by Gasteiger charge is 2.37. The van der Waals surface area contributed by atoms with E-state index in [1.165, 1.54) is 12.1 Å². The number of carbonyl (C=O) groups excluding carboxylic acids is 2. The first-order valence-electron chi connectivity index (χ1n) is 12.8. The normalized spacial score (nSPS) is 15.7. The van der Waals surface area contributed by atoms with Crippen LogP contribution in [0.25, 0.3) is 0 Å². The average molecular weight is 544 g/mol. The van der Waals surface area contributed by atoms with Crippen LogP contribution in [-0.2, 0) is 9.59 Å². The molecule has 2 aliphatic heterocycles. The molecular formula is C29H29N5O6. The molecule has 206 valence electrons. The van der Waals surface area contributed by atoms with Gasteiger partial charge in [-0.15, -0.1) is 0 Å². The minimum Gasteiger partial charge on any atom is -0.454 e. The van der Waals surface area contributed by atoms with Crippen molar-refractivity contribution in [1.29, 1.82) is 0 Å². The number of nitro benzene ring substituents is 1. The van der Waals surface area contributed by atoms with Crippen LogP contribution in [0.4, 0.5) is 22.7 Å². The number of aliphatic imine (C=N–C) groups is 1. The standard InChI is InChI=1S/C29H29N5O6/c1-18(35)33(14-4-13-32(2)3)21-8-6-20(7-9-21)30-28(19-5-12-25-26(15-19)40-17-39-25)27-23-11-10-22(34(37)38)16-24(23)31-29(27)36/h5-12,15-16,27H,4,13-14,17H2,1-3H3,(H,31,36). The zero-order chi connectivity index (χ0) is 28.4. The van der Waals surface area contributed by atoms with Crippen molar-refractivity contribution >= 4 is 40.3 Å². The third kappa shape index (κ3) is 5.50. The molecule has 0 radical (unpaired) electrons. The van der Waals surface area contributed by atoms with E-state index in [1.807, 2.05) is 26.2 Å². The molecule has 2 aliphatic rings. The summed E-state index contributed by atoms with van der Waals surface area (Å²) >= 11 is 0. The second-order valence-corrected chi connectivity index (χ2v) is 9.86. The third-order valence-corrected chi connectivity index (χ3v) is 6.80. The maximum absolute atomic E-state index is 13.3. The number of anilines is 2. The number of carbonyl (C=O) groups is 2. The van der Waals surface area contributed by atoms with Crippen LogP contribution in [0.5, 0.6) is 11.5 Å². The highest BCUT2D eigenvalue weighted by molar-refractivity contribution is 6.24. The topological polar surface area (TPSA) is 127 Å². The molecule has 1 unspecified atom stereocenters. The largest absolute Gasteiger partial charge is 0.454 e. The molecule has 40 heavy (non-hydrogen) atoms. The van der Waals surface area contributed by atoms with Gasteiger partial charge in [-0.1, -0.05) is 0 Å². The number of nitrogens with one attached hydrogen (secondary N) is 1. The van der Waals surface area contributed by atoms with Crippen molar-refractivity contribution in [2.75, 3.05) is 44.2 Å². The molecule has 0 spiro atoms. The fourth-order valence-electron chi connectivity index (χ4n) is 4.85. The van der Waals surface area contributed by atoms with E-state index >= 15 is 0 Å². The van der Waals surface area contributed by atoms with Gasteiger partial charge >= 0.3 is 0 Å². The predicted octanol–water partition coefficient (Wildman–Crippen LogP) is 4.48. The molecular weight excluding hydrogens is 514 g/mol. The summed E-state index contributed by atoms with van der Waals surface area (Å²) in [6.45, 7) is 3.09.